The number of benzene rings is 2. The molecule has 4 heteroatoms. The standard InChI is InChI=1S/C25H18N4/c1-2-9-23-22(8-1)28-16-29(23)21-7-3-5-18(14-21)20-13-19-11-10-17-6-4-12-26-24(17)25(19)27-15-20/h1-16,22-23H. The Morgan fingerprint density at radius 1 is 0.759 bits per heavy atom. The van der Waals surface area contributed by atoms with Gasteiger partial charge in [-0.15, -0.1) is 0 Å². The molecule has 2 atom stereocenters. The van der Waals surface area contributed by atoms with Gasteiger partial charge in [0.2, 0.25) is 0 Å². The van der Waals surface area contributed by atoms with Crippen molar-refractivity contribution in [1.29, 1.82) is 0 Å². The Bertz CT molecular complexity index is 1340. The van der Waals surface area contributed by atoms with Gasteiger partial charge >= 0.3 is 0 Å². The summed E-state index contributed by atoms with van der Waals surface area (Å²) in [5.74, 6) is 0. The monoisotopic (exact) mass is 374 g/mol. The molecule has 4 aromatic rings. The van der Waals surface area contributed by atoms with E-state index in [1.165, 1.54) is 0 Å². The smallest absolute Gasteiger partial charge is 0.0964 e. The van der Waals surface area contributed by atoms with Crippen LogP contribution in [0, 0.1) is 0 Å². The van der Waals surface area contributed by atoms with E-state index in [9.17, 15) is 0 Å². The van der Waals surface area contributed by atoms with Crippen LogP contribution in [-0.4, -0.2) is 28.4 Å². The van der Waals surface area contributed by atoms with Gasteiger partial charge in [-0.25, -0.2) is 0 Å². The molecule has 1 aliphatic heterocycles. The molecule has 0 fully saturated rings. The topological polar surface area (TPSA) is 41.4 Å². The Kier molecular flexibility index (Phi) is 3.56. The molecule has 0 bridgehead atoms. The molecule has 2 aromatic heterocycles. The lowest BCUT2D eigenvalue weighted by atomic mass is 10.0. The van der Waals surface area contributed by atoms with Crippen LogP contribution in [-0.2, 0) is 0 Å². The second kappa shape index (κ2) is 6.38. The summed E-state index contributed by atoms with van der Waals surface area (Å²) in [5.41, 5.74) is 5.27. The Balaban J connectivity index is 1.41. The summed E-state index contributed by atoms with van der Waals surface area (Å²) in [6.07, 6.45) is 14.2. The average molecular weight is 374 g/mol. The Hall–Kier alpha value is -3.79. The molecule has 2 aromatic carbocycles. The summed E-state index contributed by atoms with van der Waals surface area (Å²) in [4.78, 5) is 16.1. The maximum Gasteiger partial charge on any atom is 0.0964 e. The van der Waals surface area contributed by atoms with Crippen molar-refractivity contribution < 1.29 is 0 Å². The summed E-state index contributed by atoms with van der Waals surface area (Å²) >= 11 is 0. The van der Waals surface area contributed by atoms with Gasteiger partial charge in [-0.05, 0) is 29.8 Å². The summed E-state index contributed by atoms with van der Waals surface area (Å²) in [7, 11) is 0. The van der Waals surface area contributed by atoms with Crippen LogP contribution in [0.4, 0.5) is 5.69 Å². The molecule has 6 rings (SSSR count). The van der Waals surface area contributed by atoms with Crippen molar-refractivity contribution in [2.45, 2.75) is 12.1 Å². The lowest BCUT2D eigenvalue weighted by Crippen LogP contribution is -2.34. The van der Waals surface area contributed by atoms with Crippen molar-refractivity contribution in [2.75, 3.05) is 4.90 Å². The molecule has 29 heavy (non-hydrogen) atoms. The zero-order valence-corrected chi connectivity index (χ0v) is 15.7. The summed E-state index contributed by atoms with van der Waals surface area (Å²) in [5, 5.41) is 2.21. The fourth-order valence-corrected chi connectivity index (χ4v) is 4.18. The first-order valence-electron chi connectivity index (χ1n) is 9.77. The number of hydrogen-bond acceptors (Lipinski definition) is 4. The molecule has 0 spiro atoms. The molecule has 0 saturated heterocycles. The lowest BCUT2D eigenvalue weighted by molar-refractivity contribution is 0.740. The van der Waals surface area contributed by atoms with Gasteiger partial charge in [0.25, 0.3) is 0 Å². The third-order valence-corrected chi connectivity index (χ3v) is 5.66. The normalized spacial score (nSPS) is 19.9. The molecule has 0 radical (unpaired) electrons. The lowest BCUT2D eigenvalue weighted by Gasteiger charge is -2.26. The maximum absolute atomic E-state index is 4.76. The Labute approximate surface area is 168 Å². The molecular weight excluding hydrogens is 356 g/mol. The number of pyridine rings is 2. The molecule has 0 saturated carbocycles. The van der Waals surface area contributed by atoms with Crippen LogP contribution in [0.15, 0.2) is 96.3 Å². The highest BCUT2D eigenvalue weighted by molar-refractivity contribution is 6.03. The van der Waals surface area contributed by atoms with Gasteiger partial charge in [0, 0.05) is 34.4 Å². The van der Waals surface area contributed by atoms with Crippen LogP contribution in [0.25, 0.3) is 32.9 Å². The highest BCUT2D eigenvalue weighted by atomic mass is 15.3. The zero-order valence-electron chi connectivity index (χ0n) is 15.7. The predicted molar refractivity (Wildman–Crippen MR) is 119 cm³/mol. The van der Waals surface area contributed by atoms with Crippen molar-refractivity contribution in [3.63, 3.8) is 0 Å². The zero-order chi connectivity index (χ0) is 19.2. The van der Waals surface area contributed by atoms with E-state index in [1.807, 2.05) is 24.8 Å². The molecule has 4 nitrogen and oxygen atoms in total. The minimum atomic E-state index is 0.201. The second-order valence-corrected chi connectivity index (χ2v) is 7.41. The van der Waals surface area contributed by atoms with Gasteiger partial charge in [-0.3, -0.25) is 15.0 Å². The van der Waals surface area contributed by atoms with Gasteiger partial charge in [-0.2, -0.15) is 0 Å². The summed E-state index contributed by atoms with van der Waals surface area (Å²) in [6, 6.07) is 19.5. The first-order valence-corrected chi connectivity index (χ1v) is 9.77. The Morgan fingerprint density at radius 2 is 1.66 bits per heavy atom. The van der Waals surface area contributed by atoms with E-state index in [1.54, 1.807) is 0 Å². The first kappa shape index (κ1) is 16.2. The molecule has 2 unspecified atom stereocenters. The first-order chi connectivity index (χ1) is 14.4. The number of nitrogens with zero attached hydrogens (tertiary/aromatic N) is 4. The molecule has 138 valence electrons. The maximum atomic E-state index is 4.76. The number of hydrogen-bond donors (Lipinski definition) is 0. The number of aliphatic imine (C=N–C) groups is 1. The third-order valence-electron chi connectivity index (χ3n) is 5.66. The van der Waals surface area contributed by atoms with Gasteiger partial charge < -0.3 is 4.90 Å². The molecule has 0 amide bonds. The van der Waals surface area contributed by atoms with Crippen molar-refractivity contribution in [2.24, 2.45) is 4.99 Å². The highest BCUT2D eigenvalue weighted by Gasteiger charge is 2.28. The van der Waals surface area contributed by atoms with Gasteiger partial charge in [0.1, 0.15) is 0 Å². The fraction of sp³-hybridized carbons (Fsp3) is 0.0800. The number of fused-ring (bicyclic) bond motifs is 4. The van der Waals surface area contributed by atoms with E-state index in [0.29, 0.717) is 0 Å². The van der Waals surface area contributed by atoms with Crippen LogP contribution >= 0.6 is 0 Å². The average Bonchev–Trinajstić information content (AvgIpc) is 3.23. The highest BCUT2D eigenvalue weighted by Crippen LogP contribution is 2.31. The minimum Gasteiger partial charge on any atom is -0.323 e. The SMILES string of the molecule is C1=CC2N=CN(c3cccc(-c4cnc5c(ccc6cccnc65)c4)c3)C2C=C1. The van der Waals surface area contributed by atoms with Crippen LogP contribution < -0.4 is 4.90 Å². The summed E-state index contributed by atoms with van der Waals surface area (Å²) < 4.78 is 0. The summed E-state index contributed by atoms with van der Waals surface area (Å²) in [6.45, 7) is 0. The number of anilines is 1. The number of rotatable bonds is 2. The van der Waals surface area contributed by atoms with Gasteiger partial charge in [0.15, 0.2) is 0 Å². The number of aromatic nitrogens is 2. The second-order valence-electron chi connectivity index (χ2n) is 7.41. The van der Waals surface area contributed by atoms with Crippen LogP contribution in [0.5, 0.6) is 0 Å². The van der Waals surface area contributed by atoms with Gasteiger partial charge in [0.05, 0.1) is 29.5 Å². The van der Waals surface area contributed by atoms with E-state index >= 15 is 0 Å². The van der Waals surface area contributed by atoms with E-state index < -0.39 is 0 Å². The molecule has 0 N–H and O–H groups in total. The minimum absolute atomic E-state index is 0.201. The molecular formula is C25H18N4. The largest absolute Gasteiger partial charge is 0.323 e. The van der Waals surface area contributed by atoms with E-state index in [2.05, 4.69) is 87.7 Å². The Morgan fingerprint density at radius 3 is 2.66 bits per heavy atom. The van der Waals surface area contributed by atoms with E-state index in [4.69, 9.17) is 4.98 Å². The van der Waals surface area contributed by atoms with Crippen LogP contribution in [0.3, 0.4) is 0 Å². The number of allylic oxidation sites excluding steroid dienone is 2. The predicted octanol–water partition coefficient (Wildman–Crippen LogP) is 5.16. The van der Waals surface area contributed by atoms with E-state index in [0.717, 1.165) is 38.6 Å². The van der Waals surface area contributed by atoms with Crippen molar-refractivity contribution in [3.8, 4) is 11.1 Å². The van der Waals surface area contributed by atoms with E-state index in [-0.39, 0.29) is 12.1 Å². The molecule has 2 aliphatic rings. The molecule has 1 aliphatic carbocycles. The molecule has 3 heterocycles. The van der Waals surface area contributed by atoms with Crippen molar-refractivity contribution in [3.05, 3.63) is 91.3 Å². The van der Waals surface area contributed by atoms with Crippen molar-refractivity contribution in [1.82, 2.24) is 9.97 Å². The third kappa shape index (κ3) is 2.64. The van der Waals surface area contributed by atoms with Gasteiger partial charge in [-0.1, -0.05) is 54.6 Å². The quantitative estimate of drug-likeness (QED) is 0.455. The van der Waals surface area contributed by atoms with Crippen LogP contribution in [0.2, 0.25) is 0 Å². The van der Waals surface area contributed by atoms with Crippen molar-refractivity contribution >= 4 is 33.8 Å². The van der Waals surface area contributed by atoms with Crippen LogP contribution in [0.1, 0.15) is 0 Å². The fourth-order valence-electron chi connectivity index (χ4n) is 4.18.